The summed E-state index contributed by atoms with van der Waals surface area (Å²) in [5.41, 5.74) is -0.113. The van der Waals surface area contributed by atoms with Gasteiger partial charge in [-0.3, -0.25) is 0 Å². The second-order valence-electron chi connectivity index (χ2n) is 4.26. The molecule has 2 amide bonds. The van der Waals surface area contributed by atoms with Crippen LogP contribution in [-0.4, -0.2) is 23.1 Å². The molecule has 3 N–H and O–H groups in total. The molecule has 1 rings (SSSR count). The number of nitrogens with one attached hydrogen (secondary N) is 2. The largest absolute Gasteiger partial charge is 0.480 e. The number of hydrogen-bond donors (Lipinski definition) is 3. The second kappa shape index (κ2) is 6.38. The third-order valence-electron chi connectivity index (χ3n) is 2.42. The summed E-state index contributed by atoms with van der Waals surface area (Å²) in [4.78, 5) is 22.5. The van der Waals surface area contributed by atoms with Crippen LogP contribution in [-0.2, 0) is 4.79 Å². The second-order valence-corrected chi connectivity index (χ2v) is 4.67. The number of carbonyl (C=O) groups excluding carboxylic acids is 1. The van der Waals surface area contributed by atoms with E-state index in [9.17, 15) is 14.0 Å². The zero-order valence-corrected chi connectivity index (χ0v) is 11.2. The van der Waals surface area contributed by atoms with Crippen LogP contribution in [0.1, 0.15) is 13.8 Å². The van der Waals surface area contributed by atoms with Crippen molar-refractivity contribution >= 4 is 29.3 Å². The van der Waals surface area contributed by atoms with E-state index in [2.05, 4.69) is 10.6 Å². The molecule has 0 aromatic heterocycles. The Balaban J connectivity index is 2.75. The van der Waals surface area contributed by atoms with Gasteiger partial charge in [-0.1, -0.05) is 31.5 Å². The molecule has 0 radical (unpaired) electrons. The van der Waals surface area contributed by atoms with E-state index in [0.717, 1.165) is 0 Å². The molecule has 0 saturated carbocycles. The van der Waals surface area contributed by atoms with E-state index in [-0.39, 0.29) is 16.6 Å². The Morgan fingerprint density at radius 3 is 2.53 bits per heavy atom. The minimum absolute atomic E-state index is 0.113. The molecule has 104 valence electrons. The van der Waals surface area contributed by atoms with Crippen molar-refractivity contribution in [1.29, 1.82) is 0 Å². The summed E-state index contributed by atoms with van der Waals surface area (Å²) in [7, 11) is 0. The number of hydrogen-bond acceptors (Lipinski definition) is 2. The normalized spacial score (nSPS) is 12.1. The zero-order valence-electron chi connectivity index (χ0n) is 10.4. The van der Waals surface area contributed by atoms with E-state index >= 15 is 0 Å². The van der Waals surface area contributed by atoms with E-state index in [0.29, 0.717) is 0 Å². The molecule has 5 nitrogen and oxygen atoms in total. The fourth-order valence-corrected chi connectivity index (χ4v) is 1.59. The Morgan fingerprint density at radius 1 is 1.37 bits per heavy atom. The molecule has 1 atom stereocenters. The summed E-state index contributed by atoms with van der Waals surface area (Å²) in [6, 6.07) is 2.28. The van der Waals surface area contributed by atoms with Gasteiger partial charge in [0.2, 0.25) is 0 Å². The summed E-state index contributed by atoms with van der Waals surface area (Å²) < 4.78 is 13.5. The number of anilines is 1. The molecule has 0 aliphatic rings. The van der Waals surface area contributed by atoms with Gasteiger partial charge in [-0.05, 0) is 18.1 Å². The van der Waals surface area contributed by atoms with Crippen molar-refractivity contribution in [2.75, 3.05) is 5.32 Å². The minimum Gasteiger partial charge on any atom is -0.480 e. The van der Waals surface area contributed by atoms with Crippen LogP contribution in [0.25, 0.3) is 0 Å². The summed E-state index contributed by atoms with van der Waals surface area (Å²) in [5, 5.41) is 13.3. The number of halogens is 2. The van der Waals surface area contributed by atoms with E-state index in [4.69, 9.17) is 16.7 Å². The average molecular weight is 289 g/mol. The van der Waals surface area contributed by atoms with Gasteiger partial charge in [-0.2, -0.15) is 0 Å². The van der Waals surface area contributed by atoms with Crippen molar-refractivity contribution in [3.8, 4) is 0 Å². The summed E-state index contributed by atoms with van der Waals surface area (Å²) in [6.07, 6.45) is 0. The first-order valence-electron chi connectivity index (χ1n) is 5.57. The van der Waals surface area contributed by atoms with Gasteiger partial charge in [-0.15, -0.1) is 0 Å². The highest BCUT2D eigenvalue weighted by molar-refractivity contribution is 6.31. The standard InChI is InChI=1S/C12H14ClFN2O3/c1-6(2)10(11(17)18)16-12(19)15-8-5-3-4-7(13)9(8)14/h3-6,10H,1-2H3,(H,17,18)(H2,15,16,19)/t10-/m0/s1. The Morgan fingerprint density at radius 2 is 2.00 bits per heavy atom. The molecular formula is C12H14ClFN2O3. The SMILES string of the molecule is CC(C)[C@H](NC(=O)Nc1cccc(Cl)c1F)C(=O)O. The number of carboxylic acid groups (broad SMARTS) is 1. The van der Waals surface area contributed by atoms with Crippen LogP contribution in [0.2, 0.25) is 5.02 Å². The molecule has 0 spiro atoms. The predicted octanol–water partition coefficient (Wildman–Crippen LogP) is 2.71. The van der Waals surface area contributed by atoms with Crippen LogP contribution in [0.15, 0.2) is 18.2 Å². The summed E-state index contributed by atoms with van der Waals surface area (Å²) >= 11 is 5.56. The number of rotatable bonds is 4. The number of amides is 2. The maximum Gasteiger partial charge on any atom is 0.326 e. The van der Waals surface area contributed by atoms with Gasteiger partial charge < -0.3 is 15.7 Å². The van der Waals surface area contributed by atoms with Crippen molar-refractivity contribution < 1.29 is 19.1 Å². The third kappa shape index (κ3) is 4.10. The fraction of sp³-hybridized carbons (Fsp3) is 0.333. The Bertz CT molecular complexity index is 494. The molecule has 0 aliphatic carbocycles. The molecule has 1 aromatic rings. The maximum absolute atomic E-state index is 13.5. The monoisotopic (exact) mass is 288 g/mol. The highest BCUT2D eigenvalue weighted by Gasteiger charge is 2.23. The smallest absolute Gasteiger partial charge is 0.326 e. The van der Waals surface area contributed by atoms with Crippen molar-refractivity contribution in [3.63, 3.8) is 0 Å². The maximum atomic E-state index is 13.5. The summed E-state index contributed by atoms with van der Waals surface area (Å²) in [6.45, 7) is 3.30. The van der Waals surface area contributed by atoms with Gasteiger partial charge in [0.05, 0.1) is 10.7 Å². The van der Waals surface area contributed by atoms with Crippen molar-refractivity contribution in [1.82, 2.24) is 5.32 Å². The molecule has 0 saturated heterocycles. The number of aliphatic carboxylic acids is 1. The van der Waals surface area contributed by atoms with E-state index < -0.39 is 23.9 Å². The molecule has 0 fully saturated rings. The van der Waals surface area contributed by atoms with E-state index in [1.54, 1.807) is 13.8 Å². The lowest BCUT2D eigenvalue weighted by atomic mass is 10.1. The zero-order chi connectivity index (χ0) is 14.6. The van der Waals surface area contributed by atoms with Crippen molar-refractivity contribution in [2.24, 2.45) is 5.92 Å². The highest BCUT2D eigenvalue weighted by atomic mass is 35.5. The number of carboxylic acids is 1. The van der Waals surface area contributed by atoms with Gasteiger partial charge in [0.25, 0.3) is 0 Å². The van der Waals surface area contributed by atoms with Gasteiger partial charge in [-0.25, -0.2) is 14.0 Å². The molecule has 0 heterocycles. The molecule has 1 aromatic carbocycles. The predicted molar refractivity (Wildman–Crippen MR) is 69.8 cm³/mol. The topological polar surface area (TPSA) is 78.4 Å². The molecule has 0 bridgehead atoms. The van der Waals surface area contributed by atoms with Gasteiger partial charge in [0.1, 0.15) is 6.04 Å². The summed E-state index contributed by atoms with van der Waals surface area (Å²) in [5.74, 6) is -2.22. The third-order valence-corrected chi connectivity index (χ3v) is 2.71. The lowest BCUT2D eigenvalue weighted by Gasteiger charge is -2.18. The molecular weight excluding hydrogens is 275 g/mol. The lowest BCUT2D eigenvalue weighted by molar-refractivity contribution is -0.140. The van der Waals surface area contributed by atoms with Gasteiger partial charge in [0.15, 0.2) is 5.82 Å². The quantitative estimate of drug-likeness (QED) is 0.797. The minimum atomic E-state index is -1.16. The van der Waals surface area contributed by atoms with E-state index in [1.165, 1.54) is 18.2 Å². The first-order chi connectivity index (χ1) is 8.82. The molecule has 0 aliphatic heterocycles. The lowest BCUT2D eigenvalue weighted by Crippen LogP contribution is -2.46. The number of urea groups is 1. The Kier molecular flexibility index (Phi) is 5.11. The van der Waals surface area contributed by atoms with E-state index in [1.807, 2.05) is 0 Å². The van der Waals surface area contributed by atoms with Gasteiger partial charge >= 0.3 is 12.0 Å². The van der Waals surface area contributed by atoms with Crippen molar-refractivity contribution in [3.05, 3.63) is 29.0 Å². The van der Waals surface area contributed by atoms with Crippen LogP contribution in [0.4, 0.5) is 14.9 Å². The molecule has 19 heavy (non-hydrogen) atoms. The average Bonchev–Trinajstić information content (AvgIpc) is 2.31. The van der Waals surface area contributed by atoms with Crippen LogP contribution in [0.3, 0.4) is 0 Å². The van der Waals surface area contributed by atoms with Crippen LogP contribution in [0, 0.1) is 11.7 Å². The number of carbonyl (C=O) groups is 2. The van der Waals surface area contributed by atoms with Crippen LogP contribution >= 0.6 is 11.6 Å². The first-order valence-corrected chi connectivity index (χ1v) is 5.95. The molecule has 0 unspecified atom stereocenters. The van der Waals surface area contributed by atoms with Crippen LogP contribution < -0.4 is 10.6 Å². The first kappa shape index (κ1) is 15.2. The number of benzene rings is 1. The fourth-order valence-electron chi connectivity index (χ4n) is 1.41. The van der Waals surface area contributed by atoms with Crippen LogP contribution in [0.5, 0.6) is 0 Å². The van der Waals surface area contributed by atoms with Crippen molar-refractivity contribution in [2.45, 2.75) is 19.9 Å². The highest BCUT2D eigenvalue weighted by Crippen LogP contribution is 2.21. The molecule has 7 heteroatoms. The Labute approximate surface area is 114 Å². The Hall–Kier alpha value is -1.82. The van der Waals surface area contributed by atoms with Gasteiger partial charge in [0, 0.05) is 0 Å².